The quantitative estimate of drug-likeness (QED) is 0.836. The van der Waals surface area contributed by atoms with Crippen molar-refractivity contribution >= 4 is 0 Å². The van der Waals surface area contributed by atoms with E-state index in [0.29, 0.717) is 12.5 Å². The van der Waals surface area contributed by atoms with E-state index in [9.17, 15) is 18.3 Å². The molecule has 3 atom stereocenters. The fourth-order valence-corrected chi connectivity index (χ4v) is 2.71. The zero-order chi connectivity index (χ0) is 13.2. The minimum Gasteiger partial charge on any atom is -0.393 e. The average Bonchev–Trinajstić information content (AvgIpc) is 2.14. The number of nitrogens with zero attached hydrogens (tertiary/aromatic N) is 1. The predicted molar refractivity (Wildman–Crippen MR) is 60.7 cm³/mol. The highest BCUT2D eigenvalue weighted by Gasteiger charge is 2.48. The lowest BCUT2D eigenvalue weighted by Gasteiger charge is -2.41. The van der Waals surface area contributed by atoms with Crippen LogP contribution in [0.5, 0.6) is 0 Å². The molecule has 0 saturated heterocycles. The van der Waals surface area contributed by atoms with Crippen molar-refractivity contribution in [1.29, 1.82) is 0 Å². The van der Waals surface area contributed by atoms with Crippen LogP contribution in [0.4, 0.5) is 13.2 Å². The van der Waals surface area contributed by atoms with Crippen molar-refractivity contribution < 1.29 is 18.3 Å². The number of aliphatic hydroxyl groups excluding tert-OH is 1. The number of aliphatic hydroxyl groups is 1. The van der Waals surface area contributed by atoms with E-state index in [1.807, 2.05) is 13.8 Å². The lowest BCUT2D eigenvalue weighted by Crippen LogP contribution is -2.50. The molecule has 0 amide bonds. The smallest absolute Gasteiger partial charge is 0.393 e. The van der Waals surface area contributed by atoms with Gasteiger partial charge < -0.3 is 10.0 Å². The van der Waals surface area contributed by atoms with Gasteiger partial charge in [-0.1, -0.05) is 13.8 Å². The summed E-state index contributed by atoms with van der Waals surface area (Å²) < 4.78 is 38.7. The van der Waals surface area contributed by atoms with Crippen LogP contribution in [0.3, 0.4) is 0 Å². The summed E-state index contributed by atoms with van der Waals surface area (Å²) >= 11 is 0. The Bertz CT molecular complexity index is 242. The lowest BCUT2D eigenvalue weighted by atomic mass is 9.81. The fraction of sp³-hybridized carbons (Fsp3) is 1.00. The molecule has 2 nitrogen and oxygen atoms in total. The number of alkyl halides is 3. The van der Waals surface area contributed by atoms with E-state index >= 15 is 0 Å². The first kappa shape index (κ1) is 14.8. The molecule has 5 heteroatoms. The van der Waals surface area contributed by atoms with Gasteiger partial charge in [-0.2, -0.15) is 13.2 Å². The lowest BCUT2D eigenvalue weighted by molar-refractivity contribution is -0.204. The topological polar surface area (TPSA) is 23.5 Å². The van der Waals surface area contributed by atoms with Crippen molar-refractivity contribution in [2.75, 3.05) is 13.6 Å². The van der Waals surface area contributed by atoms with Gasteiger partial charge in [0.05, 0.1) is 12.0 Å². The van der Waals surface area contributed by atoms with Crippen LogP contribution >= 0.6 is 0 Å². The van der Waals surface area contributed by atoms with E-state index in [-0.39, 0.29) is 19.3 Å². The third-order valence-corrected chi connectivity index (χ3v) is 3.43. The maximum absolute atomic E-state index is 12.9. The summed E-state index contributed by atoms with van der Waals surface area (Å²) in [6.45, 7) is 4.60. The predicted octanol–water partition coefficient (Wildman–Crippen LogP) is 2.67. The largest absolute Gasteiger partial charge is 0.393 e. The number of hydrogen-bond acceptors (Lipinski definition) is 2. The van der Waals surface area contributed by atoms with Crippen LogP contribution in [0, 0.1) is 11.8 Å². The Hall–Kier alpha value is -0.290. The summed E-state index contributed by atoms with van der Waals surface area (Å²) in [5.41, 5.74) is 0. The second-order valence-corrected chi connectivity index (χ2v) is 5.52. The maximum Gasteiger partial charge on any atom is 0.393 e. The van der Waals surface area contributed by atoms with Crippen LogP contribution in [0.2, 0.25) is 0 Å². The number of hydrogen-bond donors (Lipinski definition) is 1. The van der Waals surface area contributed by atoms with Gasteiger partial charge in [-0.15, -0.1) is 0 Å². The summed E-state index contributed by atoms with van der Waals surface area (Å²) in [4.78, 5) is 1.76. The van der Waals surface area contributed by atoms with Crippen molar-refractivity contribution in [2.45, 2.75) is 51.4 Å². The molecule has 0 aromatic rings. The van der Waals surface area contributed by atoms with Crippen LogP contribution < -0.4 is 0 Å². The Morgan fingerprint density at radius 2 is 1.88 bits per heavy atom. The zero-order valence-corrected chi connectivity index (χ0v) is 10.7. The molecule has 1 aliphatic carbocycles. The first-order valence-corrected chi connectivity index (χ1v) is 6.16. The van der Waals surface area contributed by atoms with Crippen molar-refractivity contribution in [3.8, 4) is 0 Å². The van der Waals surface area contributed by atoms with Crippen molar-refractivity contribution in [3.63, 3.8) is 0 Å². The molecule has 0 bridgehead atoms. The van der Waals surface area contributed by atoms with Gasteiger partial charge in [0, 0.05) is 12.6 Å². The molecule has 17 heavy (non-hydrogen) atoms. The normalized spacial score (nSPS) is 31.2. The molecule has 0 aromatic heterocycles. The molecule has 1 rings (SSSR count). The molecule has 0 radical (unpaired) electrons. The molecule has 0 aromatic carbocycles. The molecule has 0 heterocycles. The summed E-state index contributed by atoms with van der Waals surface area (Å²) in [6.07, 6.45) is -4.22. The Morgan fingerprint density at radius 1 is 1.29 bits per heavy atom. The highest BCUT2D eigenvalue weighted by Crippen LogP contribution is 2.39. The molecule has 1 N–H and O–H groups in total. The van der Waals surface area contributed by atoms with Crippen molar-refractivity contribution in [3.05, 3.63) is 0 Å². The van der Waals surface area contributed by atoms with E-state index in [2.05, 4.69) is 0 Å². The minimum absolute atomic E-state index is 0.0395. The van der Waals surface area contributed by atoms with E-state index in [1.165, 1.54) is 0 Å². The molecular weight excluding hydrogens is 231 g/mol. The fourth-order valence-electron chi connectivity index (χ4n) is 2.71. The van der Waals surface area contributed by atoms with Crippen LogP contribution in [-0.4, -0.2) is 41.9 Å². The molecular formula is C12H22F3NO. The number of rotatable bonds is 3. The van der Waals surface area contributed by atoms with Gasteiger partial charge >= 0.3 is 6.18 Å². The van der Waals surface area contributed by atoms with E-state index in [4.69, 9.17) is 0 Å². The third-order valence-electron chi connectivity index (χ3n) is 3.43. The Morgan fingerprint density at radius 3 is 2.35 bits per heavy atom. The van der Waals surface area contributed by atoms with Crippen molar-refractivity contribution in [2.24, 2.45) is 11.8 Å². The molecule has 1 fully saturated rings. The monoisotopic (exact) mass is 253 g/mol. The molecule has 102 valence electrons. The molecule has 0 spiro atoms. The molecule has 3 unspecified atom stereocenters. The van der Waals surface area contributed by atoms with Gasteiger partial charge in [0.25, 0.3) is 0 Å². The summed E-state index contributed by atoms with van der Waals surface area (Å²) in [6, 6.07) is -0.582. The SMILES string of the molecule is CC(C)CN(C)C1CC(O)CCC1C(F)(F)F. The van der Waals surface area contributed by atoms with E-state index in [1.54, 1.807) is 11.9 Å². The zero-order valence-electron chi connectivity index (χ0n) is 10.7. The Labute approximate surface area is 101 Å². The van der Waals surface area contributed by atoms with Crippen molar-refractivity contribution in [1.82, 2.24) is 4.90 Å². The van der Waals surface area contributed by atoms with Gasteiger partial charge in [-0.25, -0.2) is 0 Å². The first-order valence-electron chi connectivity index (χ1n) is 6.16. The van der Waals surface area contributed by atoms with Gasteiger partial charge in [-0.05, 0) is 32.2 Å². The van der Waals surface area contributed by atoms with E-state index < -0.39 is 24.2 Å². The maximum atomic E-state index is 12.9. The third kappa shape index (κ3) is 4.14. The highest BCUT2D eigenvalue weighted by molar-refractivity contribution is 4.89. The van der Waals surface area contributed by atoms with Crippen LogP contribution in [0.1, 0.15) is 33.1 Å². The van der Waals surface area contributed by atoms with Gasteiger partial charge in [0.2, 0.25) is 0 Å². The highest BCUT2D eigenvalue weighted by atomic mass is 19.4. The second kappa shape index (κ2) is 5.57. The van der Waals surface area contributed by atoms with Gasteiger partial charge in [0.1, 0.15) is 0 Å². The molecule has 1 saturated carbocycles. The van der Waals surface area contributed by atoms with Crippen LogP contribution in [0.15, 0.2) is 0 Å². The first-order chi connectivity index (χ1) is 7.71. The van der Waals surface area contributed by atoms with Gasteiger partial charge in [0.15, 0.2) is 0 Å². The number of halogens is 3. The van der Waals surface area contributed by atoms with E-state index in [0.717, 1.165) is 0 Å². The summed E-state index contributed by atoms with van der Waals surface area (Å²) in [5, 5.41) is 9.55. The Kier molecular flexibility index (Phi) is 4.84. The summed E-state index contributed by atoms with van der Waals surface area (Å²) in [7, 11) is 1.72. The second-order valence-electron chi connectivity index (χ2n) is 5.52. The molecule has 0 aliphatic heterocycles. The van der Waals surface area contributed by atoms with Gasteiger partial charge in [-0.3, -0.25) is 0 Å². The molecule has 1 aliphatic rings. The standard InChI is InChI=1S/C12H22F3NO/c1-8(2)7-16(3)11-6-9(17)4-5-10(11)12(13,14)15/h8-11,17H,4-7H2,1-3H3. The van der Waals surface area contributed by atoms with Crippen LogP contribution in [-0.2, 0) is 0 Å². The van der Waals surface area contributed by atoms with Crippen LogP contribution in [0.25, 0.3) is 0 Å². The summed E-state index contributed by atoms with van der Waals surface area (Å²) in [5.74, 6) is -0.970. The minimum atomic E-state index is -4.16. The Balaban J connectivity index is 2.74. The average molecular weight is 253 g/mol.